The Hall–Kier alpha value is -1.82. The molecule has 0 N–H and O–H groups in total. The van der Waals surface area contributed by atoms with Crippen molar-refractivity contribution in [1.82, 2.24) is 4.90 Å². The van der Waals surface area contributed by atoms with Crippen LogP contribution in [0.5, 0.6) is 5.75 Å². The Balaban J connectivity index is 1.52. The van der Waals surface area contributed by atoms with E-state index in [0.717, 1.165) is 44.2 Å². The van der Waals surface area contributed by atoms with Gasteiger partial charge in [0.15, 0.2) is 5.78 Å². The zero-order valence-electron chi connectivity index (χ0n) is 14.1. The topological polar surface area (TPSA) is 38.8 Å². The summed E-state index contributed by atoms with van der Waals surface area (Å²) in [5, 5.41) is -0.561. The molecule has 1 heterocycles. The number of hydrogen-bond acceptors (Lipinski definition) is 4. The maximum Gasteiger partial charge on any atom is 0.181 e. The van der Waals surface area contributed by atoms with E-state index in [9.17, 15) is 4.79 Å². The SMILES string of the molecule is O=C(c1ccc(OCCN2CCOCC2)cc1)C([S])c1ccccc1. The van der Waals surface area contributed by atoms with E-state index in [-0.39, 0.29) is 5.78 Å². The maximum absolute atomic E-state index is 12.5. The monoisotopic (exact) mass is 356 g/mol. The van der Waals surface area contributed by atoms with E-state index in [0.29, 0.717) is 12.2 Å². The number of benzene rings is 2. The van der Waals surface area contributed by atoms with Gasteiger partial charge in [0.1, 0.15) is 17.6 Å². The Labute approximate surface area is 154 Å². The number of rotatable bonds is 7. The van der Waals surface area contributed by atoms with Crippen molar-refractivity contribution in [1.29, 1.82) is 0 Å². The minimum Gasteiger partial charge on any atom is -0.492 e. The molecule has 0 amide bonds. The Bertz CT molecular complexity index is 669. The van der Waals surface area contributed by atoms with Crippen molar-refractivity contribution in [2.75, 3.05) is 39.5 Å². The lowest BCUT2D eigenvalue weighted by atomic mass is 10.0. The van der Waals surface area contributed by atoms with E-state index in [1.54, 1.807) is 12.1 Å². The molecule has 1 aliphatic heterocycles. The summed E-state index contributed by atoms with van der Waals surface area (Å²) in [4.78, 5) is 14.8. The molecular formula is C20H22NO3S. The van der Waals surface area contributed by atoms with Gasteiger partial charge in [0.2, 0.25) is 0 Å². The fraction of sp³-hybridized carbons (Fsp3) is 0.350. The molecule has 1 saturated heterocycles. The van der Waals surface area contributed by atoms with Crippen LogP contribution < -0.4 is 4.74 Å². The Morgan fingerprint density at radius 3 is 2.44 bits per heavy atom. The fourth-order valence-electron chi connectivity index (χ4n) is 2.76. The third-order valence-corrected chi connectivity index (χ3v) is 4.75. The number of morpholine rings is 1. The summed E-state index contributed by atoms with van der Waals surface area (Å²) in [6.07, 6.45) is 0. The van der Waals surface area contributed by atoms with Crippen LogP contribution in [0.15, 0.2) is 54.6 Å². The molecule has 0 saturated carbocycles. The van der Waals surface area contributed by atoms with Crippen LogP contribution in [0.4, 0.5) is 0 Å². The zero-order valence-corrected chi connectivity index (χ0v) is 14.9. The number of carbonyl (C=O) groups excluding carboxylic acids is 1. The first kappa shape index (κ1) is 18.0. The van der Waals surface area contributed by atoms with Gasteiger partial charge in [-0.05, 0) is 29.8 Å². The van der Waals surface area contributed by atoms with Gasteiger partial charge < -0.3 is 9.47 Å². The number of nitrogens with zero attached hydrogens (tertiary/aromatic N) is 1. The van der Waals surface area contributed by atoms with Crippen LogP contribution in [0.3, 0.4) is 0 Å². The molecule has 25 heavy (non-hydrogen) atoms. The summed E-state index contributed by atoms with van der Waals surface area (Å²) < 4.78 is 11.1. The minimum absolute atomic E-state index is 0.0546. The van der Waals surface area contributed by atoms with Crippen LogP contribution in [0.2, 0.25) is 0 Å². The molecule has 0 spiro atoms. The third-order valence-electron chi connectivity index (χ3n) is 4.26. The summed E-state index contributed by atoms with van der Waals surface area (Å²) in [5.41, 5.74) is 1.47. The molecule has 0 aliphatic carbocycles. The second-order valence-electron chi connectivity index (χ2n) is 5.98. The van der Waals surface area contributed by atoms with E-state index in [4.69, 9.17) is 22.1 Å². The van der Waals surface area contributed by atoms with Crippen LogP contribution in [-0.2, 0) is 4.74 Å². The largest absolute Gasteiger partial charge is 0.492 e. The molecule has 2 aromatic carbocycles. The predicted octanol–water partition coefficient (Wildman–Crippen LogP) is 3.52. The standard InChI is InChI=1S/C20H22NO3S/c22-19(20(25)17-4-2-1-3-5-17)16-6-8-18(9-7-16)24-15-12-21-10-13-23-14-11-21/h1-9,20H,10-15H2. The van der Waals surface area contributed by atoms with Crippen LogP contribution in [0.1, 0.15) is 21.2 Å². The number of ether oxygens (including phenoxy) is 2. The second kappa shape index (κ2) is 9.04. The molecule has 1 radical (unpaired) electrons. The molecule has 1 unspecified atom stereocenters. The van der Waals surface area contributed by atoms with Gasteiger partial charge in [0.05, 0.1) is 13.2 Å². The molecular weight excluding hydrogens is 334 g/mol. The summed E-state index contributed by atoms with van der Waals surface area (Å²) in [6, 6.07) is 16.7. The molecule has 0 bridgehead atoms. The van der Waals surface area contributed by atoms with Crippen molar-refractivity contribution in [3.05, 3.63) is 65.7 Å². The highest BCUT2D eigenvalue weighted by Gasteiger charge is 2.18. The smallest absolute Gasteiger partial charge is 0.181 e. The van der Waals surface area contributed by atoms with Gasteiger partial charge in [0.25, 0.3) is 0 Å². The van der Waals surface area contributed by atoms with E-state index >= 15 is 0 Å². The van der Waals surface area contributed by atoms with E-state index in [1.807, 2.05) is 42.5 Å². The van der Waals surface area contributed by atoms with Crippen LogP contribution in [0.25, 0.3) is 0 Å². The normalized spacial score (nSPS) is 16.4. The van der Waals surface area contributed by atoms with Gasteiger partial charge in [-0.1, -0.05) is 43.0 Å². The Morgan fingerprint density at radius 1 is 1.08 bits per heavy atom. The number of carbonyl (C=O) groups is 1. The average Bonchev–Trinajstić information content (AvgIpc) is 2.69. The summed E-state index contributed by atoms with van der Waals surface area (Å²) >= 11 is 5.39. The van der Waals surface area contributed by atoms with Gasteiger partial charge in [-0.15, -0.1) is 0 Å². The van der Waals surface area contributed by atoms with Crippen LogP contribution >= 0.6 is 12.6 Å². The first-order valence-corrected chi connectivity index (χ1v) is 8.99. The fourth-order valence-corrected chi connectivity index (χ4v) is 3.06. The maximum atomic E-state index is 12.5. The van der Waals surface area contributed by atoms with Crippen molar-refractivity contribution in [2.45, 2.75) is 5.25 Å². The Morgan fingerprint density at radius 2 is 1.76 bits per heavy atom. The van der Waals surface area contributed by atoms with Gasteiger partial charge in [-0.2, -0.15) is 0 Å². The Kier molecular flexibility index (Phi) is 6.50. The first-order chi connectivity index (χ1) is 12.2. The lowest BCUT2D eigenvalue weighted by molar-refractivity contribution is 0.0322. The van der Waals surface area contributed by atoms with Crippen LogP contribution in [-0.4, -0.2) is 50.1 Å². The van der Waals surface area contributed by atoms with Crippen molar-refractivity contribution in [2.24, 2.45) is 0 Å². The first-order valence-electron chi connectivity index (χ1n) is 8.52. The molecule has 131 valence electrons. The van der Waals surface area contributed by atoms with Gasteiger partial charge >= 0.3 is 0 Å². The van der Waals surface area contributed by atoms with Gasteiger partial charge in [-0.3, -0.25) is 9.69 Å². The number of hydrogen-bond donors (Lipinski definition) is 0. The third kappa shape index (κ3) is 5.08. The van der Waals surface area contributed by atoms with Gasteiger partial charge in [0, 0.05) is 25.2 Å². The van der Waals surface area contributed by atoms with E-state index in [1.165, 1.54) is 0 Å². The van der Waals surface area contributed by atoms with Crippen molar-refractivity contribution < 1.29 is 14.3 Å². The molecule has 1 aliphatic rings. The highest BCUT2D eigenvalue weighted by Crippen LogP contribution is 2.25. The molecule has 0 aromatic heterocycles. The van der Waals surface area contributed by atoms with Crippen molar-refractivity contribution >= 4 is 18.4 Å². The summed E-state index contributed by atoms with van der Waals surface area (Å²) in [7, 11) is 0. The summed E-state index contributed by atoms with van der Waals surface area (Å²) in [5.74, 6) is 0.714. The second-order valence-corrected chi connectivity index (χ2v) is 6.45. The zero-order chi connectivity index (χ0) is 17.5. The van der Waals surface area contributed by atoms with E-state index in [2.05, 4.69) is 4.90 Å². The molecule has 5 heteroatoms. The molecule has 1 atom stereocenters. The lowest BCUT2D eigenvalue weighted by Crippen LogP contribution is -2.38. The molecule has 1 fully saturated rings. The number of Topliss-reactive ketones (excluding diaryl/α,β-unsaturated/α-hetero) is 1. The average molecular weight is 356 g/mol. The predicted molar refractivity (Wildman–Crippen MR) is 100 cm³/mol. The van der Waals surface area contributed by atoms with Crippen LogP contribution in [0, 0.1) is 0 Å². The van der Waals surface area contributed by atoms with Crippen molar-refractivity contribution in [3.8, 4) is 5.75 Å². The minimum atomic E-state index is -0.561. The lowest BCUT2D eigenvalue weighted by Gasteiger charge is -2.26. The molecule has 2 aromatic rings. The highest BCUT2D eigenvalue weighted by atomic mass is 32.1. The number of ketones is 1. The molecule has 4 nitrogen and oxygen atoms in total. The molecule has 3 rings (SSSR count). The van der Waals surface area contributed by atoms with Crippen molar-refractivity contribution in [3.63, 3.8) is 0 Å². The van der Waals surface area contributed by atoms with E-state index < -0.39 is 5.25 Å². The quantitative estimate of drug-likeness (QED) is 0.712. The van der Waals surface area contributed by atoms with Gasteiger partial charge in [-0.25, -0.2) is 0 Å². The highest BCUT2D eigenvalue weighted by molar-refractivity contribution is 7.81. The summed E-state index contributed by atoms with van der Waals surface area (Å²) in [6.45, 7) is 5.00.